The Bertz CT molecular complexity index is 1310. The number of piperazine rings is 1. The molecule has 5 rings (SSSR count). The summed E-state index contributed by atoms with van der Waals surface area (Å²) >= 11 is 1.65. The average Bonchev–Trinajstić information content (AvgIpc) is 3.37. The van der Waals surface area contributed by atoms with Gasteiger partial charge in [-0.1, -0.05) is 0 Å². The molecule has 160 valence electrons. The van der Waals surface area contributed by atoms with Gasteiger partial charge in [0, 0.05) is 50.8 Å². The Hall–Kier alpha value is -3.17. The molecule has 0 unspecified atom stereocenters. The van der Waals surface area contributed by atoms with Crippen LogP contribution in [0.4, 0.5) is 5.69 Å². The number of nitrogens with zero attached hydrogens (tertiary/aromatic N) is 4. The Morgan fingerprint density at radius 1 is 1.23 bits per heavy atom. The predicted molar refractivity (Wildman–Crippen MR) is 123 cm³/mol. The van der Waals surface area contributed by atoms with Crippen molar-refractivity contribution in [3.63, 3.8) is 0 Å². The van der Waals surface area contributed by atoms with Gasteiger partial charge in [-0.05, 0) is 36.8 Å². The first-order valence-electron chi connectivity index (χ1n) is 10.3. The van der Waals surface area contributed by atoms with E-state index in [0.717, 1.165) is 59.8 Å². The molecule has 8 nitrogen and oxygen atoms in total. The van der Waals surface area contributed by atoms with Gasteiger partial charge in [0.25, 0.3) is 11.5 Å². The van der Waals surface area contributed by atoms with E-state index in [4.69, 9.17) is 0 Å². The van der Waals surface area contributed by atoms with Crippen molar-refractivity contribution in [3.8, 4) is 0 Å². The molecule has 9 heteroatoms. The number of aryl methyl sites for hydroxylation is 1. The number of anilines is 1. The first-order chi connectivity index (χ1) is 15.0. The number of fused-ring (bicyclic) bond motifs is 3. The van der Waals surface area contributed by atoms with Crippen LogP contribution in [0.3, 0.4) is 0 Å². The van der Waals surface area contributed by atoms with Gasteiger partial charge in [0.15, 0.2) is 0 Å². The van der Waals surface area contributed by atoms with Gasteiger partial charge in [-0.15, -0.1) is 11.3 Å². The summed E-state index contributed by atoms with van der Waals surface area (Å²) in [7, 11) is 1.60. The third-order valence-corrected chi connectivity index (χ3v) is 6.90. The fourth-order valence-corrected chi connectivity index (χ4v) is 5.26. The number of pyridine rings is 1. The van der Waals surface area contributed by atoms with Crippen molar-refractivity contribution in [3.05, 3.63) is 63.1 Å². The van der Waals surface area contributed by atoms with Crippen molar-refractivity contribution >= 4 is 38.8 Å². The van der Waals surface area contributed by atoms with Gasteiger partial charge in [-0.3, -0.25) is 14.5 Å². The summed E-state index contributed by atoms with van der Waals surface area (Å²) in [6.45, 7) is 6.53. The fourth-order valence-electron chi connectivity index (χ4n) is 4.18. The van der Waals surface area contributed by atoms with E-state index in [0.29, 0.717) is 5.69 Å². The molecule has 0 aromatic carbocycles. The quantitative estimate of drug-likeness (QED) is 0.512. The monoisotopic (exact) mass is 436 g/mol. The number of nitrogens with one attached hydrogen (secondary N) is 2. The van der Waals surface area contributed by atoms with Crippen LogP contribution in [-0.2, 0) is 6.54 Å². The highest BCUT2D eigenvalue weighted by atomic mass is 32.1. The first-order valence-corrected chi connectivity index (χ1v) is 11.1. The maximum absolute atomic E-state index is 12.4. The van der Waals surface area contributed by atoms with Crippen LogP contribution in [-0.4, -0.2) is 58.4 Å². The molecule has 0 atom stereocenters. The van der Waals surface area contributed by atoms with E-state index in [-0.39, 0.29) is 11.5 Å². The number of rotatable bonds is 4. The van der Waals surface area contributed by atoms with E-state index in [1.54, 1.807) is 30.6 Å². The number of aromatic nitrogens is 3. The maximum atomic E-state index is 12.4. The Kier molecular flexibility index (Phi) is 4.99. The number of thiophene rings is 1. The molecule has 4 aromatic heterocycles. The zero-order valence-corrected chi connectivity index (χ0v) is 18.3. The summed E-state index contributed by atoms with van der Waals surface area (Å²) < 4.78 is 2.00. The van der Waals surface area contributed by atoms with Crippen LogP contribution in [0.15, 0.2) is 41.5 Å². The second kappa shape index (κ2) is 7.82. The number of hydrogen-bond acceptors (Lipinski definition) is 6. The SMILES string of the molecule is CNC(=O)c1ccc(N2CCN(Cc3cc4c([nH]c(=O)c5c(C)ccn54)s3)CC2)cn1. The molecule has 0 spiro atoms. The van der Waals surface area contributed by atoms with E-state index in [1.807, 2.05) is 29.7 Å². The summed E-state index contributed by atoms with van der Waals surface area (Å²) in [4.78, 5) is 38.3. The molecular weight excluding hydrogens is 412 g/mol. The van der Waals surface area contributed by atoms with Gasteiger partial charge in [-0.25, -0.2) is 4.98 Å². The van der Waals surface area contributed by atoms with Crippen molar-refractivity contribution in [1.29, 1.82) is 0 Å². The van der Waals surface area contributed by atoms with Gasteiger partial charge in [0.2, 0.25) is 0 Å². The molecule has 5 heterocycles. The highest BCUT2D eigenvalue weighted by molar-refractivity contribution is 7.18. The Morgan fingerprint density at radius 3 is 2.74 bits per heavy atom. The average molecular weight is 437 g/mol. The Labute approximate surface area is 183 Å². The Morgan fingerprint density at radius 2 is 2.03 bits per heavy atom. The van der Waals surface area contributed by atoms with E-state index in [2.05, 4.69) is 31.2 Å². The number of carbonyl (C=O) groups is 1. The molecule has 1 aliphatic rings. The topological polar surface area (TPSA) is 85.7 Å². The molecule has 0 radical (unpaired) electrons. The van der Waals surface area contributed by atoms with Crippen LogP contribution < -0.4 is 15.8 Å². The molecule has 0 bridgehead atoms. The van der Waals surface area contributed by atoms with Gasteiger partial charge >= 0.3 is 0 Å². The van der Waals surface area contributed by atoms with Crippen molar-refractivity contribution in [1.82, 2.24) is 24.6 Å². The number of aromatic amines is 1. The third-order valence-electron chi connectivity index (χ3n) is 5.88. The smallest absolute Gasteiger partial charge is 0.273 e. The highest BCUT2D eigenvalue weighted by Crippen LogP contribution is 2.26. The number of hydrogen-bond donors (Lipinski definition) is 2. The second-order valence-corrected chi connectivity index (χ2v) is 8.98. The van der Waals surface area contributed by atoms with Crippen molar-refractivity contribution < 1.29 is 4.79 Å². The van der Waals surface area contributed by atoms with E-state index < -0.39 is 0 Å². The molecule has 2 N–H and O–H groups in total. The molecule has 1 fully saturated rings. The van der Waals surface area contributed by atoms with Crippen molar-refractivity contribution in [2.45, 2.75) is 13.5 Å². The van der Waals surface area contributed by atoms with Crippen LogP contribution in [0.1, 0.15) is 20.9 Å². The van der Waals surface area contributed by atoms with Gasteiger partial charge in [0.05, 0.1) is 17.4 Å². The summed E-state index contributed by atoms with van der Waals surface area (Å²) in [5.41, 5.74) is 4.21. The zero-order chi connectivity index (χ0) is 21.5. The summed E-state index contributed by atoms with van der Waals surface area (Å²) in [5, 5.41) is 2.59. The lowest BCUT2D eigenvalue weighted by atomic mass is 10.2. The number of H-pyrrole nitrogens is 1. The molecule has 0 saturated carbocycles. The highest BCUT2D eigenvalue weighted by Gasteiger charge is 2.19. The summed E-state index contributed by atoms with van der Waals surface area (Å²) in [5.74, 6) is -0.173. The van der Waals surface area contributed by atoms with Gasteiger partial charge in [-0.2, -0.15) is 0 Å². The molecule has 0 aliphatic carbocycles. The molecule has 31 heavy (non-hydrogen) atoms. The van der Waals surface area contributed by atoms with Crippen LogP contribution in [0.2, 0.25) is 0 Å². The fraction of sp³-hybridized carbons (Fsp3) is 0.318. The standard InChI is InChI=1S/C22H24N6O2S/c1-14-5-6-28-18-11-16(31-22(18)25-21(30)19(14)28)13-26-7-9-27(10-8-26)15-3-4-17(24-12-15)20(29)23-2/h3-6,11-12H,7-10,13H2,1-2H3,(H,23,29)(H,25,30). The van der Waals surface area contributed by atoms with Gasteiger partial charge in [0.1, 0.15) is 16.0 Å². The minimum absolute atomic E-state index is 0.0342. The molecular formula is C22H24N6O2S. The molecule has 1 aliphatic heterocycles. The van der Waals surface area contributed by atoms with Crippen LogP contribution in [0.5, 0.6) is 0 Å². The van der Waals surface area contributed by atoms with E-state index in [1.165, 1.54) is 4.88 Å². The normalized spacial score (nSPS) is 15.1. The Balaban J connectivity index is 1.27. The lowest BCUT2D eigenvalue weighted by Gasteiger charge is -2.35. The van der Waals surface area contributed by atoms with E-state index in [9.17, 15) is 9.59 Å². The zero-order valence-electron chi connectivity index (χ0n) is 17.5. The summed E-state index contributed by atoms with van der Waals surface area (Å²) in [6.07, 6.45) is 3.74. The lowest BCUT2D eigenvalue weighted by molar-refractivity contribution is 0.0958. The number of carbonyl (C=O) groups excluding carboxylic acids is 1. The molecule has 1 saturated heterocycles. The summed E-state index contributed by atoms with van der Waals surface area (Å²) in [6, 6.07) is 7.90. The van der Waals surface area contributed by atoms with Gasteiger partial charge < -0.3 is 19.6 Å². The largest absolute Gasteiger partial charge is 0.368 e. The van der Waals surface area contributed by atoms with Crippen molar-refractivity contribution in [2.24, 2.45) is 0 Å². The first kappa shape index (κ1) is 19.8. The minimum Gasteiger partial charge on any atom is -0.368 e. The van der Waals surface area contributed by atoms with Crippen molar-refractivity contribution in [2.75, 3.05) is 38.1 Å². The second-order valence-electron chi connectivity index (χ2n) is 7.84. The lowest BCUT2D eigenvalue weighted by Crippen LogP contribution is -2.45. The molecule has 1 amide bonds. The van der Waals surface area contributed by atoms with Crippen LogP contribution in [0, 0.1) is 6.92 Å². The van der Waals surface area contributed by atoms with E-state index >= 15 is 0 Å². The predicted octanol–water partition coefficient (Wildman–Crippen LogP) is 2.23. The third kappa shape index (κ3) is 3.60. The molecule has 4 aromatic rings. The number of amides is 1. The van der Waals surface area contributed by atoms with Crippen LogP contribution >= 0.6 is 11.3 Å². The van der Waals surface area contributed by atoms with Crippen LogP contribution in [0.25, 0.3) is 15.9 Å². The minimum atomic E-state index is -0.173. The maximum Gasteiger partial charge on any atom is 0.273 e.